The van der Waals surface area contributed by atoms with E-state index < -0.39 is 7.26 Å². The molecule has 3 aromatic rings. The quantitative estimate of drug-likeness (QED) is 0.435. The molecule has 3 rings (SSSR count). The zero-order valence-corrected chi connectivity index (χ0v) is 19.6. The Morgan fingerprint density at radius 2 is 1.04 bits per heavy atom. The summed E-state index contributed by atoms with van der Waals surface area (Å²) in [6.45, 7) is 4.68. The molecule has 0 radical (unpaired) electrons. The minimum atomic E-state index is -1.67. The largest absolute Gasteiger partial charge is 1.00 e. The lowest BCUT2D eigenvalue weighted by atomic mass is 10.0. The van der Waals surface area contributed by atoms with E-state index in [1.807, 2.05) is 0 Å². The summed E-state index contributed by atoms with van der Waals surface area (Å²) in [7, 11) is -1.67. The molecular weight excluding hydrogens is 423 g/mol. The van der Waals surface area contributed by atoms with Crippen molar-refractivity contribution >= 4 is 23.2 Å². The van der Waals surface area contributed by atoms with Crippen LogP contribution in [0.5, 0.6) is 0 Å². The number of hydrogen-bond acceptors (Lipinski definition) is 0. The molecule has 0 aromatic heterocycles. The topological polar surface area (TPSA) is 0 Å². The van der Waals surface area contributed by atoms with Gasteiger partial charge in [-0.2, -0.15) is 0 Å². The van der Waals surface area contributed by atoms with Crippen LogP contribution in [0.2, 0.25) is 0 Å². The van der Waals surface area contributed by atoms with Crippen molar-refractivity contribution in [2.45, 2.75) is 39.5 Å². The zero-order chi connectivity index (χ0) is 19.0. The molecule has 0 spiro atoms. The number of hydrogen-bond donors (Lipinski definition) is 0. The summed E-state index contributed by atoms with van der Waals surface area (Å²) in [6.07, 6.45) is 6.47. The van der Waals surface area contributed by atoms with Gasteiger partial charge < -0.3 is 17.0 Å². The van der Waals surface area contributed by atoms with Gasteiger partial charge in [-0.1, -0.05) is 81.3 Å². The van der Waals surface area contributed by atoms with E-state index in [-0.39, 0.29) is 17.0 Å². The molecule has 3 aromatic carbocycles. The first kappa shape index (κ1) is 22.9. The molecule has 28 heavy (non-hydrogen) atoms. The van der Waals surface area contributed by atoms with Crippen LogP contribution in [0.15, 0.2) is 91.0 Å². The van der Waals surface area contributed by atoms with Crippen molar-refractivity contribution in [2.75, 3.05) is 6.16 Å². The summed E-state index contributed by atoms with van der Waals surface area (Å²) in [5, 5.41) is 4.53. The molecule has 1 atom stereocenters. The molecule has 0 saturated heterocycles. The molecule has 0 N–H and O–H groups in total. The summed E-state index contributed by atoms with van der Waals surface area (Å²) in [4.78, 5) is 0. The Morgan fingerprint density at radius 3 is 1.36 bits per heavy atom. The Labute approximate surface area is 182 Å². The normalized spacial score (nSPS) is 12.2. The Bertz CT molecular complexity index is 690. The Morgan fingerprint density at radius 1 is 0.643 bits per heavy atom. The Balaban J connectivity index is 0.00000280. The highest BCUT2D eigenvalue weighted by atomic mass is 79.9. The smallest absolute Gasteiger partial charge is 0.112 e. The lowest BCUT2D eigenvalue weighted by Gasteiger charge is -2.31. The molecule has 0 heterocycles. The summed E-state index contributed by atoms with van der Waals surface area (Å²) >= 11 is 0. The van der Waals surface area contributed by atoms with Crippen LogP contribution >= 0.6 is 7.26 Å². The number of rotatable bonds is 9. The maximum absolute atomic E-state index is 2.37. The molecule has 0 amide bonds. The van der Waals surface area contributed by atoms with E-state index in [9.17, 15) is 0 Å². The van der Waals surface area contributed by atoms with E-state index >= 15 is 0 Å². The van der Waals surface area contributed by atoms with E-state index in [4.69, 9.17) is 0 Å². The van der Waals surface area contributed by atoms with Gasteiger partial charge >= 0.3 is 0 Å². The van der Waals surface area contributed by atoms with Crippen molar-refractivity contribution in [3.63, 3.8) is 0 Å². The number of unbranched alkanes of at least 4 members (excludes halogenated alkanes) is 1. The lowest BCUT2D eigenvalue weighted by molar-refractivity contribution is -0.00000549. The second kappa shape index (κ2) is 11.5. The zero-order valence-electron chi connectivity index (χ0n) is 17.1. The first-order valence-electron chi connectivity index (χ1n) is 10.4. The van der Waals surface area contributed by atoms with Gasteiger partial charge in [0.2, 0.25) is 0 Å². The third kappa shape index (κ3) is 5.13. The molecule has 1 unspecified atom stereocenters. The average Bonchev–Trinajstić information content (AvgIpc) is 2.76. The predicted octanol–water partition coefficient (Wildman–Crippen LogP) is 3.20. The van der Waals surface area contributed by atoms with Gasteiger partial charge in [-0.3, -0.25) is 0 Å². The van der Waals surface area contributed by atoms with Crippen molar-refractivity contribution in [3.05, 3.63) is 91.0 Å². The maximum atomic E-state index is 2.37. The first-order valence-corrected chi connectivity index (χ1v) is 12.3. The maximum Gasteiger partial charge on any atom is 0.112 e. The molecule has 0 fully saturated rings. The minimum Gasteiger partial charge on any atom is -1.00 e. The molecule has 0 aliphatic rings. The number of benzene rings is 3. The molecule has 0 aliphatic heterocycles. The third-order valence-corrected chi connectivity index (χ3v) is 10.3. The van der Waals surface area contributed by atoms with Gasteiger partial charge in [0.25, 0.3) is 0 Å². The van der Waals surface area contributed by atoms with Gasteiger partial charge in [0.15, 0.2) is 0 Å². The van der Waals surface area contributed by atoms with Crippen LogP contribution in [0.3, 0.4) is 0 Å². The second-order valence-electron chi connectivity index (χ2n) is 7.42. The van der Waals surface area contributed by atoms with Gasteiger partial charge in [0.05, 0.1) is 6.16 Å². The molecule has 0 nitrogen and oxygen atoms in total. The summed E-state index contributed by atoms with van der Waals surface area (Å²) < 4.78 is 0. The highest BCUT2D eigenvalue weighted by Gasteiger charge is 2.46. The van der Waals surface area contributed by atoms with E-state index in [1.165, 1.54) is 47.8 Å². The van der Waals surface area contributed by atoms with Crippen LogP contribution in [0.25, 0.3) is 0 Å². The summed E-state index contributed by atoms with van der Waals surface area (Å²) in [5.41, 5.74) is 0. The SMILES string of the molecule is CCCCC(CC)C[P+](c1ccccc1)(c1ccccc1)c1ccccc1.[Br-]. The van der Waals surface area contributed by atoms with Crippen molar-refractivity contribution in [3.8, 4) is 0 Å². The monoisotopic (exact) mass is 454 g/mol. The predicted molar refractivity (Wildman–Crippen MR) is 123 cm³/mol. The standard InChI is InChI=1S/C26H32P.BrH/c1-3-5-15-23(4-2)22-27(24-16-9-6-10-17-24,25-18-11-7-12-19-25)26-20-13-8-14-21-26;/h6-14,16-21,23H,3-5,15,22H2,1-2H3;1H/q+1;/p-1. The van der Waals surface area contributed by atoms with Crippen molar-refractivity contribution in [1.82, 2.24) is 0 Å². The Hall–Kier alpha value is -1.43. The van der Waals surface area contributed by atoms with Crippen molar-refractivity contribution in [1.29, 1.82) is 0 Å². The first-order chi connectivity index (χ1) is 13.3. The van der Waals surface area contributed by atoms with Crippen LogP contribution in [-0.4, -0.2) is 6.16 Å². The van der Waals surface area contributed by atoms with Crippen molar-refractivity contribution in [2.24, 2.45) is 5.92 Å². The fourth-order valence-corrected chi connectivity index (χ4v) is 8.90. The van der Waals surface area contributed by atoms with Crippen LogP contribution in [0.1, 0.15) is 39.5 Å². The molecule has 0 aliphatic carbocycles. The summed E-state index contributed by atoms with van der Waals surface area (Å²) in [6, 6.07) is 33.9. The van der Waals surface area contributed by atoms with Crippen molar-refractivity contribution < 1.29 is 17.0 Å². The van der Waals surface area contributed by atoms with Gasteiger partial charge in [-0.15, -0.1) is 0 Å². The second-order valence-corrected chi connectivity index (χ2v) is 10.9. The minimum absolute atomic E-state index is 0. The highest BCUT2D eigenvalue weighted by molar-refractivity contribution is 7.95. The molecule has 0 saturated carbocycles. The molecule has 2 heteroatoms. The third-order valence-electron chi connectivity index (χ3n) is 5.67. The van der Waals surface area contributed by atoms with E-state index in [2.05, 4.69) is 105 Å². The van der Waals surface area contributed by atoms with Crippen LogP contribution < -0.4 is 32.9 Å². The van der Waals surface area contributed by atoms with Crippen LogP contribution in [0, 0.1) is 5.92 Å². The van der Waals surface area contributed by atoms with E-state index in [0.29, 0.717) is 0 Å². The van der Waals surface area contributed by atoms with Gasteiger partial charge in [0.1, 0.15) is 23.2 Å². The summed E-state index contributed by atoms with van der Waals surface area (Å²) in [5.74, 6) is 0.763. The lowest BCUT2D eigenvalue weighted by Crippen LogP contribution is -3.00. The molecule has 148 valence electrons. The Kier molecular flexibility index (Phi) is 9.42. The van der Waals surface area contributed by atoms with E-state index in [1.54, 1.807) is 0 Å². The highest BCUT2D eigenvalue weighted by Crippen LogP contribution is 2.57. The van der Waals surface area contributed by atoms with Gasteiger partial charge in [-0.05, 0) is 55.2 Å². The fraction of sp³-hybridized carbons (Fsp3) is 0.308. The van der Waals surface area contributed by atoms with Crippen LogP contribution in [-0.2, 0) is 0 Å². The van der Waals surface area contributed by atoms with Crippen LogP contribution in [0.4, 0.5) is 0 Å². The molecular formula is C26H32BrP. The number of halogens is 1. The molecule has 0 bridgehead atoms. The van der Waals surface area contributed by atoms with Gasteiger partial charge in [0, 0.05) is 0 Å². The fourth-order valence-electron chi connectivity index (χ4n) is 4.12. The van der Waals surface area contributed by atoms with Gasteiger partial charge in [-0.25, -0.2) is 0 Å². The van der Waals surface area contributed by atoms with E-state index in [0.717, 1.165) is 5.92 Å². The average molecular weight is 455 g/mol.